The maximum atomic E-state index is 12.6. The monoisotopic (exact) mass is 483 g/mol. The van der Waals surface area contributed by atoms with Crippen molar-refractivity contribution in [3.63, 3.8) is 0 Å². The molecule has 2 aromatic heterocycles. The molecule has 2 N–H and O–H groups in total. The first-order valence-corrected chi connectivity index (χ1v) is 14.4. The Morgan fingerprint density at radius 3 is 2.59 bits per heavy atom. The molecule has 1 aromatic carbocycles. The van der Waals surface area contributed by atoms with Crippen molar-refractivity contribution in [2.24, 2.45) is 0 Å². The molecule has 0 saturated carbocycles. The van der Waals surface area contributed by atoms with E-state index in [1.165, 1.54) is 6.33 Å². The summed E-state index contributed by atoms with van der Waals surface area (Å²) in [7, 11) is -2.07. The Morgan fingerprint density at radius 1 is 1.24 bits per heavy atom. The number of fused-ring (bicyclic) bond motifs is 1. The highest BCUT2D eigenvalue weighted by Gasteiger charge is 2.46. The molecule has 0 aliphatic carbocycles. The fourth-order valence-electron chi connectivity index (χ4n) is 3.85. The van der Waals surface area contributed by atoms with Gasteiger partial charge in [-0.2, -0.15) is 0 Å². The molecule has 4 rings (SSSR count). The minimum absolute atomic E-state index is 0.0368. The molecule has 1 fully saturated rings. The lowest BCUT2D eigenvalue weighted by atomic mass is 10.1. The van der Waals surface area contributed by atoms with E-state index in [0.29, 0.717) is 29.0 Å². The molecule has 0 spiro atoms. The van der Waals surface area contributed by atoms with Gasteiger partial charge in [-0.3, -0.25) is 9.36 Å². The van der Waals surface area contributed by atoms with Gasteiger partial charge < -0.3 is 19.6 Å². The fraction of sp³-hybridized carbons (Fsp3) is 0.500. The van der Waals surface area contributed by atoms with Crippen molar-refractivity contribution >= 4 is 31.2 Å². The topological polar surface area (TPSA) is 111 Å². The molecule has 3 heterocycles. The van der Waals surface area contributed by atoms with Crippen molar-refractivity contribution in [3.8, 4) is 0 Å². The average Bonchev–Trinajstić information content (AvgIpc) is 3.38. The van der Waals surface area contributed by atoms with Crippen LogP contribution in [0.25, 0.3) is 11.2 Å². The minimum Gasteiger partial charge on any atom is -0.411 e. The van der Waals surface area contributed by atoms with E-state index in [2.05, 4.69) is 54.1 Å². The zero-order valence-electron chi connectivity index (χ0n) is 20.5. The van der Waals surface area contributed by atoms with Crippen LogP contribution in [-0.2, 0) is 9.16 Å². The Bertz CT molecular complexity index is 1160. The number of nitrogens with one attached hydrogen (secondary N) is 1. The van der Waals surface area contributed by atoms with Gasteiger partial charge >= 0.3 is 0 Å². The third kappa shape index (κ3) is 4.76. The Kier molecular flexibility index (Phi) is 6.60. The zero-order chi connectivity index (χ0) is 24.7. The number of aliphatic hydroxyl groups excluding tert-OH is 1. The first kappa shape index (κ1) is 24.5. The van der Waals surface area contributed by atoms with Crippen molar-refractivity contribution < 1.29 is 19.1 Å². The Hall–Kier alpha value is -2.66. The van der Waals surface area contributed by atoms with Gasteiger partial charge in [0.2, 0.25) is 0 Å². The van der Waals surface area contributed by atoms with E-state index in [-0.39, 0.29) is 17.0 Å². The van der Waals surface area contributed by atoms with E-state index in [0.717, 1.165) is 0 Å². The number of carbonyl (C=O) groups excluding carboxylic acids is 1. The number of benzene rings is 1. The van der Waals surface area contributed by atoms with Crippen LogP contribution < -0.4 is 5.32 Å². The molecule has 3 aromatic rings. The number of nitrogens with zero attached hydrogens (tertiary/aromatic N) is 4. The molecule has 1 unspecified atom stereocenters. The summed E-state index contributed by atoms with van der Waals surface area (Å²) in [5.74, 6) is 0.0565. The van der Waals surface area contributed by atoms with E-state index < -0.39 is 26.8 Å². The molecule has 9 nitrogen and oxygen atoms in total. The van der Waals surface area contributed by atoms with Gasteiger partial charge in [0.25, 0.3) is 5.91 Å². The van der Waals surface area contributed by atoms with E-state index in [1.807, 2.05) is 10.6 Å². The smallest absolute Gasteiger partial charge is 0.256 e. The number of anilines is 1. The van der Waals surface area contributed by atoms with E-state index in [9.17, 15) is 9.90 Å². The highest BCUT2D eigenvalue weighted by molar-refractivity contribution is 6.74. The van der Waals surface area contributed by atoms with Crippen LogP contribution in [0.4, 0.5) is 5.82 Å². The largest absolute Gasteiger partial charge is 0.411 e. The fourth-order valence-corrected chi connectivity index (χ4v) is 5.20. The van der Waals surface area contributed by atoms with Crippen LogP contribution in [0.2, 0.25) is 18.1 Å². The normalized spacial score (nSPS) is 22.1. The van der Waals surface area contributed by atoms with Crippen LogP contribution in [-0.4, -0.2) is 57.2 Å². The predicted octanol–water partition coefficient (Wildman–Crippen LogP) is 4.14. The number of ether oxygens (including phenoxy) is 1. The summed E-state index contributed by atoms with van der Waals surface area (Å²) >= 11 is 0. The molecule has 4 atom stereocenters. The SMILES string of the molecule is CC(O)[C@H]1O[C@@H](n2cnc3c(NC(=O)c4ccccc4)ncnc32)C[C@@H]1O[Si](C)(C)C(C)(C)C. The molecule has 1 saturated heterocycles. The van der Waals surface area contributed by atoms with Gasteiger partial charge in [-0.25, -0.2) is 15.0 Å². The molecular weight excluding hydrogens is 450 g/mol. The van der Waals surface area contributed by atoms with Crippen LogP contribution in [0.1, 0.15) is 50.7 Å². The predicted molar refractivity (Wildman–Crippen MR) is 132 cm³/mol. The van der Waals surface area contributed by atoms with Crippen LogP contribution in [0.3, 0.4) is 0 Å². The summed E-state index contributed by atoms with van der Waals surface area (Å²) in [5, 5.41) is 13.3. The number of amides is 1. The van der Waals surface area contributed by atoms with Crippen molar-refractivity contribution in [1.82, 2.24) is 19.5 Å². The molecule has 1 amide bonds. The number of aromatic nitrogens is 4. The molecule has 182 valence electrons. The summed E-state index contributed by atoms with van der Waals surface area (Å²) in [4.78, 5) is 25.7. The third-order valence-corrected chi connectivity index (χ3v) is 11.3. The Balaban J connectivity index is 1.59. The van der Waals surface area contributed by atoms with Gasteiger partial charge in [0.05, 0.1) is 18.5 Å². The lowest BCUT2D eigenvalue weighted by molar-refractivity contribution is -0.0728. The summed E-state index contributed by atoms with van der Waals surface area (Å²) in [6.45, 7) is 12.7. The van der Waals surface area contributed by atoms with Crippen LogP contribution in [0.5, 0.6) is 0 Å². The van der Waals surface area contributed by atoms with Gasteiger partial charge in [-0.1, -0.05) is 39.0 Å². The standard InChI is InChI=1S/C24H33N5O4Si/c1-15(30)20-17(33-34(5,6)24(2,3)4)12-18(32-20)29-14-27-19-21(25-13-26-22(19)29)28-23(31)16-10-8-7-9-11-16/h7-11,13-15,17-18,20,30H,12H2,1-6H3,(H,25,26,28,31)/t15?,17-,18+,20+/m0/s1. The lowest BCUT2D eigenvalue weighted by Gasteiger charge is -2.39. The molecule has 1 aliphatic heterocycles. The summed E-state index contributed by atoms with van der Waals surface area (Å²) in [5.41, 5.74) is 1.54. The average molecular weight is 484 g/mol. The van der Waals surface area contributed by atoms with E-state index in [4.69, 9.17) is 9.16 Å². The van der Waals surface area contributed by atoms with Crippen molar-refractivity contribution in [1.29, 1.82) is 0 Å². The van der Waals surface area contributed by atoms with Gasteiger partial charge in [-0.15, -0.1) is 0 Å². The summed E-state index contributed by atoms with van der Waals surface area (Å²) < 4.78 is 14.7. The minimum atomic E-state index is -2.07. The Morgan fingerprint density at radius 2 is 1.94 bits per heavy atom. The number of hydrogen-bond donors (Lipinski definition) is 2. The number of carbonyl (C=O) groups is 1. The van der Waals surface area contributed by atoms with Gasteiger partial charge in [0.1, 0.15) is 18.7 Å². The maximum absolute atomic E-state index is 12.6. The second kappa shape index (κ2) is 9.18. The molecular formula is C24H33N5O4Si. The molecule has 0 radical (unpaired) electrons. The Labute approximate surface area is 200 Å². The van der Waals surface area contributed by atoms with Gasteiger partial charge in [0.15, 0.2) is 25.3 Å². The maximum Gasteiger partial charge on any atom is 0.256 e. The lowest BCUT2D eigenvalue weighted by Crippen LogP contribution is -2.47. The first-order chi connectivity index (χ1) is 16.0. The quantitative estimate of drug-likeness (QED) is 0.507. The second-order valence-electron chi connectivity index (χ2n) is 10.3. The summed E-state index contributed by atoms with van der Waals surface area (Å²) in [6, 6.07) is 8.93. The van der Waals surface area contributed by atoms with Crippen molar-refractivity contribution in [2.45, 2.75) is 76.8 Å². The van der Waals surface area contributed by atoms with Crippen molar-refractivity contribution in [2.75, 3.05) is 5.32 Å². The van der Waals surface area contributed by atoms with Crippen LogP contribution in [0.15, 0.2) is 43.0 Å². The zero-order valence-corrected chi connectivity index (χ0v) is 21.5. The molecule has 10 heteroatoms. The van der Waals surface area contributed by atoms with Gasteiger partial charge in [0, 0.05) is 12.0 Å². The number of rotatable bonds is 6. The summed E-state index contributed by atoms with van der Waals surface area (Å²) in [6.07, 6.45) is 1.78. The molecule has 1 aliphatic rings. The van der Waals surface area contributed by atoms with Crippen LogP contribution in [0, 0.1) is 0 Å². The van der Waals surface area contributed by atoms with Crippen molar-refractivity contribution in [3.05, 3.63) is 48.5 Å². The number of hydrogen-bond acceptors (Lipinski definition) is 7. The highest BCUT2D eigenvalue weighted by atomic mass is 28.4. The molecule has 34 heavy (non-hydrogen) atoms. The van der Waals surface area contributed by atoms with Gasteiger partial charge in [-0.05, 0) is 37.2 Å². The van der Waals surface area contributed by atoms with E-state index >= 15 is 0 Å². The van der Waals surface area contributed by atoms with E-state index in [1.54, 1.807) is 37.5 Å². The second-order valence-corrected chi connectivity index (χ2v) is 15.1. The van der Waals surface area contributed by atoms with Crippen LogP contribution >= 0.6 is 0 Å². The molecule has 0 bridgehead atoms. The first-order valence-electron chi connectivity index (χ1n) is 11.5. The number of imidazole rings is 1. The highest BCUT2D eigenvalue weighted by Crippen LogP contribution is 2.42. The third-order valence-electron chi connectivity index (χ3n) is 6.78. The number of aliphatic hydroxyl groups is 1.